The highest BCUT2D eigenvalue weighted by Crippen LogP contribution is 2.43. The van der Waals surface area contributed by atoms with Gasteiger partial charge in [-0.3, -0.25) is 14.5 Å². The van der Waals surface area contributed by atoms with Gasteiger partial charge in [0.15, 0.2) is 5.76 Å². The zero-order valence-electron chi connectivity index (χ0n) is 20.0. The lowest BCUT2D eigenvalue weighted by atomic mass is 9.83. The highest BCUT2D eigenvalue weighted by atomic mass is 16.5. The van der Waals surface area contributed by atoms with Crippen LogP contribution in [0, 0.1) is 19.8 Å². The minimum Gasteiger partial charge on any atom is -0.507 e. The third-order valence-corrected chi connectivity index (χ3v) is 7.50. The van der Waals surface area contributed by atoms with Crippen molar-refractivity contribution in [2.75, 3.05) is 13.1 Å². The Bertz CT molecular complexity index is 1450. The van der Waals surface area contributed by atoms with Crippen LogP contribution in [0.3, 0.4) is 0 Å². The van der Waals surface area contributed by atoms with Gasteiger partial charge in [0.25, 0.3) is 5.56 Å². The summed E-state index contributed by atoms with van der Waals surface area (Å²) >= 11 is 0. The van der Waals surface area contributed by atoms with Crippen molar-refractivity contribution >= 4 is 11.9 Å². The molecule has 6 heteroatoms. The number of fused-ring (bicyclic) bond motifs is 5. The molecule has 4 heterocycles. The van der Waals surface area contributed by atoms with Gasteiger partial charge in [0, 0.05) is 43.9 Å². The fourth-order valence-corrected chi connectivity index (χ4v) is 5.99. The number of ether oxygens (including phenoxy) is 1. The van der Waals surface area contributed by atoms with Gasteiger partial charge in [-0.05, 0) is 55.5 Å². The molecule has 6 rings (SSSR count). The zero-order valence-corrected chi connectivity index (χ0v) is 20.0. The van der Waals surface area contributed by atoms with Gasteiger partial charge < -0.3 is 14.4 Å². The summed E-state index contributed by atoms with van der Waals surface area (Å²) in [6, 6.07) is 15.1. The number of Topliss-reactive ketones (excluding diaryl/α,β-unsaturated/α-hetero) is 1. The van der Waals surface area contributed by atoms with Crippen LogP contribution in [0.5, 0.6) is 11.5 Å². The molecule has 0 amide bonds. The summed E-state index contributed by atoms with van der Waals surface area (Å²) in [6.07, 6.45) is 2.84. The largest absolute Gasteiger partial charge is 0.507 e. The van der Waals surface area contributed by atoms with Crippen molar-refractivity contribution in [3.05, 3.63) is 98.2 Å². The topological polar surface area (TPSA) is 71.8 Å². The van der Waals surface area contributed by atoms with Crippen molar-refractivity contribution in [1.29, 1.82) is 0 Å². The Balaban J connectivity index is 1.32. The molecule has 1 aromatic heterocycles. The number of aryl methyl sites for hydroxylation is 2. The molecule has 0 spiro atoms. The molecular weight excluding hydrogens is 440 g/mol. The predicted molar refractivity (Wildman–Crippen MR) is 134 cm³/mol. The lowest BCUT2D eigenvalue weighted by Crippen LogP contribution is -2.46. The standard InChI is InChI=1S/C29H28N2O4/c1-17-5-3-6-19(9-17)12-25-28(34)27-18(2)10-24(32)22(29(27)35-25)16-30-13-20-11-21(15-30)23-7-4-8-26(33)31(23)14-20/h3-10,12,20-21,32H,11,13-16H2,1-2H3/b25-12-/t20-,21+/m1/s1. The molecule has 0 unspecified atom stereocenters. The predicted octanol–water partition coefficient (Wildman–Crippen LogP) is 4.41. The van der Waals surface area contributed by atoms with Crippen LogP contribution >= 0.6 is 0 Å². The number of likely N-dealkylation sites (tertiary alicyclic amines) is 1. The van der Waals surface area contributed by atoms with Crippen molar-refractivity contribution < 1.29 is 14.6 Å². The van der Waals surface area contributed by atoms with E-state index >= 15 is 0 Å². The van der Waals surface area contributed by atoms with Gasteiger partial charge in [-0.15, -0.1) is 0 Å². The number of pyridine rings is 1. The number of ketones is 1. The fourth-order valence-electron chi connectivity index (χ4n) is 5.99. The summed E-state index contributed by atoms with van der Waals surface area (Å²) in [5, 5.41) is 10.9. The van der Waals surface area contributed by atoms with E-state index in [9.17, 15) is 14.7 Å². The number of piperidine rings is 1. The van der Waals surface area contributed by atoms with Crippen LogP contribution in [0.25, 0.3) is 6.08 Å². The molecule has 0 aliphatic carbocycles. The number of nitrogens with zero attached hydrogens (tertiary/aromatic N) is 2. The highest BCUT2D eigenvalue weighted by molar-refractivity contribution is 6.15. The molecule has 3 aromatic rings. The van der Waals surface area contributed by atoms with E-state index in [2.05, 4.69) is 11.0 Å². The normalized spacial score (nSPS) is 22.1. The number of aromatic hydroxyl groups is 1. The monoisotopic (exact) mass is 468 g/mol. The summed E-state index contributed by atoms with van der Waals surface area (Å²) < 4.78 is 8.06. The Hall–Kier alpha value is -3.64. The first kappa shape index (κ1) is 21.9. The number of phenolic OH excluding ortho intramolecular Hbond substituents is 1. The molecule has 2 atom stereocenters. The van der Waals surface area contributed by atoms with Crippen LogP contribution in [0.1, 0.15) is 50.6 Å². The van der Waals surface area contributed by atoms with Gasteiger partial charge in [-0.2, -0.15) is 0 Å². The molecule has 3 aliphatic rings. The number of carbonyl (C=O) groups excluding carboxylic acids is 1. The van der Waals surface area contributed by atoms with Crippen molar-refractivity contribution in [2.24, 2.45) is 5.92 Å². The molecule has 178 valence electrons. The summed E-state index contributed by atoms with van der Waals surface area (Å²) in [6.45, 7) is 6.68. The Morgan fingerprint density at radius 3 is 2.71 bits per heavy atom. The Kier molecular flexibility index (Phi) is 5.15. The van der Waals surface area contributed by atoms with Gasteiger partial charge in [0.2, 0.25) is 5.78 Å². The zero-order chi connectivity index (χ0) is 24.3. The molecule has 0 radical (unpaired) electrons. The maximum absolute atomic E-state index is 13.3. The van der Waals surface area contributed by atoms with E-state index in [-0.39, 0.29) is 28.8 Å². The molecule has 1 fully saturated rings. The van der Waals surface area contributed by atoms with Crippen LogP contribution in [0.15, 0.2) is 59.1 Å². The lowest BCUT2D eigenvalue weighted by molar-refractivity contribution is 0.101. The SMILES string of the molecule is Cc1cccc(/C=C2\Oc3c(CN4C[C@H]5C[C@@H](C4)c4cccc(=O)n4C5)c(O)cc(C)c3C2=O)c1. The number of phenols is 1. The molecule has 1 N–H and O–H groups in total. The minimum atomic E-state index is -0.149. The first-order chi connectivity index (χ1) is 16.9. The minimum absolute atomic E-state index is 0.0690. The maximum atomic E-state index is 13.3. The third-order valence-electron chi connectivity index (χ3n) is 7.50. The number of carbonyl (C=O) groups is 1. The summed E-state index contributed by atoms with van der Waals surface area (Å²) in [5.74, 6) is 1.41. The van der Waals surface area contributed by atoms with Crippen LogP contribution in [-0.4, -0.2) is 33.4 Å². The second-order valence-electron chi connectivity index (χ2n) is 10.1. The Labute approximate surface area is 204 Å². The van der Waals surface area contributed by atoms with Gasteiger partial charge >= 0.3 is 0 Å². The fraction of sp³-hybridized carbons (Fsp3) is 0.310. The molecule has 3 aliphatic heterocycles. The number of rotatable bonds is 3. The van der Waals surface area contributed by atoms with Gasteiger partial charge in [-0.1, -0.05) is 35.9 Å². The summed E-state index contributed by atoms with van der Waals surface area (Å²) in [7, 11) is 0. The van der Waals surface area contributed by atoms with Gasteiger partial charge in [-0.25, -0.2) is 0 Å². The first-order valence-corrected chi connectivity index (χ1v) is 12.2. The van der Waals surface area contributed by atoms with E-state index in [4.69, 9.17) is 4.74 Å². The number of aromatic nitrogens is 1. The first-order valence-electron chi connectivity index (χ1n) is 12.2. The van der Waals surface area contributed by atoms with E-state index in [0.29, 0.717) is 34.9 Å². The Morgan fingerprint density at radius 2 is 1.89 bits per heavy atom. The molecule has 1 saturated heterocycles. The Morgan fingerprint density at radius 1 is 1.06 bits per heavy atom. The quantitative estimate of drug-likeness (QED) is 0.577. The van der Waals surface area contributed by atoms with Crippen LogP contribution in [-0.2, 0) is 13.1 Å². The van der Waals surface area contributed by atoms with Crippen molar-refractivity contribution in [1.82, 2.24) is 9.47 Å². The van der Waals surface area contributed by atoms with E-state index in [1.807, 2.05) is 48.7 Å². The van der Waals surface area contributed by atoms with Crippen molar-refractivity contribution in [2.45, 2.75) is 39.3 Å². The van der Waals surface area contributed by atoms with E-state index in [1.54, 1.807) is 18.2 Å². The highest BCUT2D eigenvalue weighted by Gasteiger charge is 2.37. The maximum Gasteiger partial charge on any atom is 0.250 e. The average Bonchev–Trinajstić information content (AvgIpc) is 3.13. The van der Waals surface area contributed by atoms with Crippen LogP contribution in [0.2, 0.25) is 0 Å². The molecule has 6 nitrogen and oxygen atoms in total. The molecule has 0 saturated carbocycles. The average molecular weight is 469 g/mol. The van der Waals surface area contributed by atoms with Gasteiger partial charge in [0.05, 0.1) is 11.1 Å². The summed E-state index contributed by atoms with van der Waals surface area (Å²) in [5.41, 5.74) is 5.07. The van der Waals surface area contributed by atoms with E-state index in [0.717, 1.165) is 42.9 Å². The molecule has 2 bridgehead atoms. The molecular formula is C29H28N2O4. The molecule has 2 aromatic carbocycles. The summed E-state index contributed by atoms with van der Waals surface area (Å²) in [4.78, 5) is 27.9. The van der Waals surface area contributed by atoms with Crippen LogP contribution in [0.4, 0.5) is 0 Å². The number of hydrogen-bond acceptors (Lipinski definition) is 5. The number of benzene rings is 2. The van der Waals surface area contributed by atoms with Crippen LogP contribution < -0.4 is 10.3 Å². The van der Waals surface area contributed by atoms with Crippen molar-refractivity contribution in [3.8, 4) is 11.5 Å². The van der Waals surface area contributed by atoms with E-state index < -0.39 is 0 Å². The third kappa shape index (κ3) is 3.78. The van der Waals surface area contributed by atoms with E-state index in [1.165, 1.54) is 0 Å². The van der Waals surface area contributed by atoms with Crippen molar-refractivity contribution in [3.63, 3.8) is 0 Å². The second kappa shape index (κ2) is 8.24. The van der Waals surface area contributed by atoms with Gasteiger partial charge in [0.1, 0.15) is 11.5 Å². The number of hydrogen-bond donors (Lipinski definition) is 1. The molecule has 35 heavy (non-hydrogen) atoms. The smallest absolute Gasteiger partial charge is 0.250 e. The second-order valence-corrected chi connectivity index (χ2v) is 10.1. The number of allylic oxidation sites excluding steroid dienone is 1. The lowest BCUT2D eigenvalue weighted by Gasteiger charge is -2.43.